The fourth-order valence-corrected chi connectivity index (χ4v) is 8.86. The van der Waals surface area contributed by atoms with Gasteiger partial charge in [-0.25, -0.2) is 0 Å². The van der Waals surface area contributed by atoms with E-state index in [0.29, 0.717) is 16.8 Å². The fraction of sp³-hybridized carbons (Fsp3) is 0.0182. The molecule has 0 spiro atoms. The van der Waals surface area contributed by atoms with Gasteiger partial charge in [0, 0.05) is 27.8 Å². The largest absolute Gasteiger partial charge is 0.456 e. The van der Waals surface area contributed by atoms with Crippen molar-refractivity contribution < 1.29 is 9.90 Å². The van der Waals surface area contributed by atoms with E-state index in [4.69, 9.17) is 4.42 Å². The molecule has 0 saturated carbocycles. The molecule has 268 valence electrons. The summed E-state index contributed by atoms with van der Waals surface area (Å²) in [6.07, 6.45) is 0. The van der Waals surface area contributed by atoms with Gasteiger partial charge >= 0.3 is 0 Å². The van der Waals surface area contributed by atoms with Crippen LogP contribution in [0.25, 0.3) is 55.3 Å². The summed E-state index contributed by atoms with van der Waals surface area (Å²) in [6, 6.07) is 67.3. The number of fused-ring (bicyclic) bond motifs is 6. The molecule has 1 aliphatic rings. The second kappa shape index (κ2) is 13.4. The van der Waals surface area contributed by atoms with Crippen molar-refractivity contribution in [1.82, 2.24) is 0 Å². The first kappa shape index (κ1) is 28.9. The number of hydrogen-bond donors (Lipinski definition) is 0. The summed E-state index contributed by atoms with van der Waals surface area (Å²) in [5.41, 5.74) is 12.0. The molecule has 0 saturated heterocycles. The molecule has 1 heterocycles. The lowest BCUT2D eigenvalue weighted by Gasteiger charge is -2.35. The van der Waals surface area contributed by atoms with Gasteiger partial charge in [-0.15, -0.1) is 0 Å². The topological polar surface area (TPSA) is 16.4 Å². The van der Waals surface area contributed by atoms with E-state index < -0.39 is 5.41 Å². The van der Waals surface area contributed by atoms with Crippen LogP contribution in [0, 0.1) is 0 Å². The van der Waals surface area contributed by atoms with E-state index in [2.05, 4.69) is 97.1 Å². The van der Waals surface area contributed by atoms with Crippen molar-refractivity contribution in [2.45, 2.75) is 5.41 Å². The summed E-state index contributed by atoms with van der Waals surface area (Å²) < 4.78 is 44.7. The van der Waals surface area contributed by atoms with Gasteiger partial charge in [0.05, 0.1) is 10.9 Å². The summed E-state index contributed by atoms with van der Waals surface area (Å²) in [5.74, 6) is 0. The molecule has 1 aliphatic carbocycles. The van der Waals surface area contributed by atoms with Crippen LogP contribution < -0.4 is 4.90 Å². The summed E-state index contributed by atoms with van der Waals surface area (Å²) in [4.78, 5) is 1.90. The van der Waals surface area contributed by atoms with Crippen LogP contribution in [-0.4, -0.2) is 0 Å². The lowest BCUT2D eigenvalue weighted by molar-refractivity contribution is 0.669. The molecule has 0 bridgehead atoms. The third kappa shape index (κ3) is 5.33. The van der Waals surface area contributed by atoms with Crippen molar-refractivity contribution >= 4 is 39.0 Å². The minimum Gasteiger partial charge on any atom is -0.456 e. The van der Waals surface area contributed by atoms with Gasteiger partial charge < -0.3 is 9.32 Å². The second-order valence-electron chi connectivity index (χ2n) is 14.5. The Hall–Kier alpha value is -7.42. The number of benzene rings is 9. The highest BCUT2D eigenvalue weighted by Gasteiger charge is 2.46. The Kier molecular flexibility index (Phi) is 6.81. The molecule has 57 heavy (non-hydrogen) atoms. The predicted octanol–water partition coefficient (Wildman–Crippen LogP) is 14.8. The van der Waals surface area contributed by atoms with E-state index in [0.717, 1.165) is 61.0 Å². The monoisotopic (exact) mass is 731 g/mol. The third-order valence-corrected chi connectivity index (χ3v) is 11.4. The molecular weight excluding hydrogens is 691 g/mol. The molecule has 10 aromatic rings. The molecule has 0 amide bonds. The number of anilines is 3. The van der Waals surface area contributed by atoms with Crippen LogP contribution in [-0.2, 0) is 5.41 Å². The minimum absolute atomic E-state index is 0.120. The maximum absolute atomic E-state index is 9.75. The second-order valence-corrected chi connectivity index (χ2v) is 14.5. The van der Waals surface area contributed by atoms with Gasteiger partial charge in [0.15, 0.2) is 0 Å². The zero-order valence-electron chi connectivity index (χ0n) is 34.9. The Morgan fingerprint density at radius 2 is 0.930 bits per heavy atom. The molecule has 0 unspecified atom stereocenters. The zero-order valence-corrected chi connectivity index (χ0v) is 30.9. The number of hydrogen-bond acceptors (Lipinski definition) is 2. The Balaban J connectivity index is 1.15. The van der Waals surface area contributed by atoms with Crippen molar-refractivity contribution in [1.29, 1.82) is 0 Å². The van der Waals surface area contributed by atoms with Gasteiger partial charge in [0.1, 0.15) is 11.2 Å². The summed E-state index contributed by atoms with van der Waals surface area (Å²) in [7, 11) is 0. The van der Waals surface area contributed by atoms with Gasteiger partial charge in [-0.2, -0.15) is 0 Å². The van der Waals surface area contributed by atoms with Gasteiger partial charge in [0.2, 0.25) is 0 Å². The van der Waals surface area contributed by atoms with Crippen molar-refractivity contribution in [3.63, 3.8) is 0 Å². The molecule has 9 aromatic carbocycles. The molecule has 0 N–H and O–H groups in total. The van der Waals surface area contributed by atoms with Gasteiger partial charge in [-0.05, 0) is 110 Å². The van der Waals surface area contributed by atoms with E-state index in [1.807, 2.05) is 108 Å². The molecule has 1 aromatic heterocycles. The molecule has 11 rings (SSSR count). The van der Waals surface area contributed by atoms with E-state index >= 15 is 0 Å². The van der Waals surface area contributed by atoms with E-state index in [1.165, 1.54) is 5.56 Å². The SMILES string of the molecule is [2H]c1c([2H])c(N(c2ccc(-c3ccccc3)cc2)c2ccc3c(c2)C(c2ccccc2)(c2ccccc2)c2ccccc2-3)c([2H])c([2H])c1-c1ccc2oc3ccccc3c2c1. The Labute approximate surface area is 338 Å². The molecule has 2 heteroatoms. The molecule has 2 nitrogen and oxygen atoms in total. The van der Waals surface area contributed by atoms with Crippen molar-refractivity contribution in [3.8, 4) is 33.4 Å². The standard InChI is InChI=1S/C55H37NO/c1-4-14-38(15-5-1)39-24-29-44(30-25-39)56(45-31-26-40(27-32-45)41-28-35-54-50(36-41)49-21-11-13-23-53(49)57-54)46-33-34-48-47-20-10-12-22-51(47)55(52(48)37-46,42-16-6-2-7-17-42)43-18-8-3-9-19-43/h1-37H/i26D,27D,31D,32D. The fourth-order valence-electron chi connectivity index (χ4n) is 8.86. The van der Waals surface area contributed by atoms with Crippen molar-refractivity contribution in [2.24, 2.45) is 0 Å². The highest BCUT2D eigenvalue weighted by molar-refractivity contribution is 6.06. The van der Waals surface area contributed by atoms with Crippen LogP contribution in [0.5, 0.6) is 0 Å². The smallest absolute Gasteiger partial charge is 0.135 e. The van der Waals surface area contributed by atoms with Crippen LogP contribution in [0.15, 0.2) is 229 Å². The maximum atomic E-state index is 9.75. The maximum Gasteiger partial charge on any atom is 0.135 e. The Morgan fingerprint density at radius 3 is 1.67 bits per heavy atom. The highest BCUT2D eigenvalue weighted by Crippen LogP contribution is 2.57. The Morgan fingerprint density at radius 1 is 0.368 bits per heavy atom. The lowest BCUT2D eigenvalue weighted by Crippen LogP contribution is -2.28. The van der Waals surface area contributed by atoms with Crippen LogP contribution in [0.4, 0.5) is 17.1 Å². The number of rotatable bonds is 7. The number of nitrogens with zero attached hydrogens (tertiary/aromatic N) is 1. The van der Waals surface area contributed by atoms with Crippen molar-refractivity contribution in [2.75, 3.05) is 4.90 Å². The molecule has 0 radical (unpaired) electrons. The average molecular weight is 732 g/mol. The lowest BCUT2D eigenvalue weighted by atomic mass is 9.67. The first-order valence-corrected chi connectivity index (χ1v) is 19.3. The van der Waals surface area contributed by atoms with Gasteiger partial charge in [-0.1, -0.05) is 170 Å². The average Bonchev–Trinajstić information content (AvgIpc) is 3.84. The normalized spacial score (nSPS) is 13.7. The van der Waals surface area contributed by atoms with Crippen LogP contribution >= 0.6 is 0 Å². The first-order valence-electron chi connectivity index (χ1n) is 21.3. The predicted molar refractivity (Wildman–Crippen MR) is 237 cm³/mol. The number of furan rings is 1. The number of para-hydroxylation sites is 1. The van der Waals surface area contributed by atoms with Gasteiger partial charge in [-0.3, -0.25) is 0 Å². The molecule has 0 fully saturated rings. The van der Waals surface area contributed by atoms with Crippen LogP contribution in [0.3, 0.4) is 0 Å². The highest BCUT2D eigenvalue weighted by atomic mass is 16.3. The zero-order chi connectivity index (χ0) is 41.2. The Bertz CT molecular complexity index is 3220. The first-order chi connectivity index (χ1) is 29.9. The quantitative estimate of drug-likeness (QED) is 0.162. The van der Waals surface area contributed by atoms with E-state index in [-0.39, 0.29) is 35.4 Å². The van der Waals surface area contributed by atoms with E-state index in [1.54, 1.807) is 0 Å². The molecular formula is C55H37NO. The summed E-state index contributed by atoms with van der Waals surface area (Å²) in [6.45, 7) is 0. The molecule has 0 atom stereocenters. The van der Waals surface area contributed by atoms with Crippen LogP contribution in [0.2, 0.25) is 0 Å². The minimum atomic E-state index is -0.679. The van der Waals surface area contributed by atoms with E-state index in [9.17, 15) is 5.48 Å². The van der Waals surface area contributed by atoms with Crippen molar-refractivity contribution in [3.05, 3.63) is 247 Å². The summed E-state index contributed by atoms with van der Waals surface area (Å²) in [5, 5.41) is 1.78. The third-order valence-electron chi connectivity index (χ3n) is 11.4. The van der Waals surface area contributed by atoms with Gasteiger partial charge in [0.25, 0.3) is 0 Å². The molecule has 0 aliphatic heterocycles. The van der Waals surface area contributed by atoms with Crippen LogP contribution in [0.1, 0.15) is 27.7 Å². The summed E-state index contributed by atoms with van der Waals surface area (Å²) >= 11 is 0.